The van der Waals surface area contributed by atoms with Gasteiger partial charge in [0, 0.05) is 25.8 Å². The minimum Gasteiger partial charge on any atom is -0.372 e. The van der Waals surface area contributed by atoms with Crippen molar-refractivity contribution in [3.05, 3.63) is 30.1 Å². The molecule has 0 unspecified atom stereocenters. The molecule has 0 aliphatic carbocycles. The number of hydrogen-bond acceptors (Lipinski definition) is 4. The van der Waals surface area contributed by atoms with Gasteiger partial charge in [0.25, 0.3) is 0 Å². The van der Waals surface area contributed by atoms with Gasteiger partial charge in [0.1, 0.15) is 5.65 Å². The van der Waals surface area contributed by atoms with Gasteiger partial charge in [-0.15, -0.1) is 0 Å². The number of imidazole rings is 1. The molecule has 2 aromatic heterocycles. The van der Waals surface area contributed by atoms with E-state index < -0.39 is 0 Å². The average molecular weight is 274 g/mol. The Morgan fingerprint density at radius 1 is 1.40 bits per heavy atom. The van der Waals surface area contributed by atoms with Gasteiger partial charge in [0.15, 0.2) is 5.82 Å². The summed E-state index contributed by atoms with van der Waals surface area (Å²) in [5.41, 5.74) is 2.09. The normalized spacial score (nSPS) is 18.6. The Morgan fingerprint density at radius 2 is 2.25 bits per heavy atom. The van der Waals surface area contributed by atoms with Crippen LogP contribution in [-0.4, -0.2) is 41.7 Å². The van der Waals surface area contributed by atoms with Crippen LogP contribution in [0.2, 0.25) is 0 Å². The Labute approximate surface area is 119 Å². The molecule has 3 rings (SSSR count). The Kier molecular flexibility index (Phi) is 3.40. The van der Waals surface area contributed by atoms with Gasteiger partial charge in [-0.1, -0.05) is 6.07 Å². The number of aromatic nitrogens is 2. The standard InChI is InChI=1S/C15H22N4O/c1-15(2)11-18(8-9-20-15)14-12(10-16-3)19-7-5-4-6-13(19)17-14/h4-7,16H,8-11H2,1-3H3. The van der Waals surface area contributed by atoms with Crippen LogP contribution in [-0.2, 0) is 11.3 Å². The summed E-state index contributed by atoms with van der Waals surface area (Å²) in [5.74, 6) is 1.07. The summed E-state index contributed by atoms with van der Waals surface area (Å²) in [6.07, 6.45) is 2.07. The molecule has 108 valence electrons. The third kappa shape index (κ3) is 2.39. The number of hydrogen-bond donors (Lipinski definition) is 1. The van der Waals surface area contributed by atoms with E-state index in [1.54, 1.807) is 0 Å². The lowest BCUT2D eigenvalue weighted by Gasteiger charge is -2.38. The third-order valence-electron chi connectivity index (χ3n) is 3.68. The van der Waals surface area contributed by atoms with Crippen molar-refractivity contribution in [2.45, 2.75) is 26.0 Å². The lowest BCUT2D eigenvalue weighted by Crippen LogP contribution is -2.48. The molecule has 1 N–H and O–H groups in total. The minimum atomic E-state index is -0.120. The van der Waals surface area contributed by atoms with Crippen molar-refractivity contribution in [1.82, 2.24) is 14.7 Å². The van der Waals surface area contributed by atoms with E-state index in [1.807, 2.05) is 25.2 Å². The van der Waals surface area contributed by atoms with Gasteiger partial charge >= 0.3 is 0 Å². The molecule has 5 nitrogen and oxygen atoms in total. The fourth-order valence-corrected chi connectivity index (χ4v) is 2.82. The largest absolute Gasteiger partial charge is 0.372 e. The Balaban J connectivity index is 2.03. The highest BCUT2D eigenvalue weighted by molar-refractivity contribution is 5.56. The Bertz CT molecular complexity index is 605. The fourth-order valence-electron chi connectivity index (χ4n) is 2.82. The number of nitrogens with one attached hydrogen (secondary N) is 1. The molecule has 0 bridgehead atoms. The lowest BCUT2D eigenvalue weighted by atomic mass is 10.1. The molecular formula is C15H22N4O. The second kappa shape index (κ2) is 5.07. The van der Waals surface area contributed by atoms with Crippen LogP contribution in [0.15, 0.2) is 24.4 Å². The highest BCUT2D eigenvalue weighted by Gasteiger charge is 2.30. The number of rotatable bonds is 3. The predicted molar refractivity (Wildman–Crippen MR) is 80.2 cm³/mol. The number of ether oxygens (including phenoxy) is 1. The average Bonchev–Trinajstić information content (AvgIpc) is 2.77. The van der Waals surface area contributed by atoms with E-state index in [1.165, 1.54) is 5.69 Å². The third-order valence-corrected chi connectivity index (χ3v) is 3.68. The van der Waals surface area contributed by atoms with E-state index in [0.717, 1.165) is 37.7 Å². The number of nitrogens with zero attached hydrogens (tertiary/aromatic N) is 3. The van der Waals surface area contributed by atoms with Crippen molar-refractivity contribution >= 4 is 11.5 Å². The molecule has 20 heavy (non-hydrogen) atoms. The van der Waals surface area contributed by atoms with Gasteiger partial charge in [-0.05, 0) is 33.0 Å². The van der Waals surface area contributed by atoms with E-state index >= 15 is 0 Å². The second-order valence-corrected chi connectivity index (χ2v) is 5.87. The highest BCUT2D eigenvalue weighted by Crippen LogP contribution is 2.26. The molecule has 0 aromatic carbocycles. The van der Waals surface area contributed by atoms with Crippen LogP contribution in [0.5, 0.6) is 0 Å². The van der Waals surface area contributed by atoms with E-state index in [2.05, 4.69) is 34.7 Å². The van der Waals surface area contributed by atoms with Crippen molar-refractivity contribution in [3.63, 3.8) is 0 Å². The van der Waals surface area contributed by atoms with Gasteiger partial charge < -0.3 is 19.4 Å². The van der Waals surface area contributed by atoms with Crippen LogP contribution in [0.3, 0.4) is 0 Å². The number of pyridine rings is 1. The monoisotopic (exact) mass is 274 g/mol. The van der Waals surface area contributed by atoms with Crippen LogP contribution in [0.4, 0.5) is 5.82 Å². The van der Waals surface area contributed by atoms with Crippen LogP contribution in [0, 0.1) is 0 Å². The number of morpholine rings is 1. The molecule has 0 amide bonds. The summed E-state index contributed by atoms with van der Waals surface area (Å²) in [6.45, 7) is 7.58. The zero-order valence-corrected chi connectivity index (χ0v) is 12.4. The molecule has 3 heterocycles. The van der Waals surface area contributed by atoms with E-state index in [-0.39, 0.29) is 5.60 Å². The Hall–Kier alpha value is -1.59. The molecule has 1 saturated heterocycles. The summed E-state index contributed by atoms with van der Waals surface area (Å²) in [6, 6.07) is 6.12. The summed E-state index contributed by atoms with van der Waals surface area (Å²) in [5, 5.41) is 3.24. The van der Waals surface area contributed by atoms with Crippen molar-refractivity contribution in [2.24, 2.45) is 0 Å². The summed E-state index contributed by atoms with van der Waals surface area (Å²) in [4.78, 5) is 7.15. The SMILES string of the molecule is CNCc1c(N2CCOC(C)(C)C2)nc2ccccn12. The van der Waals surface area contributed by atoms with Crippen LogP contribution < -0.4 is 10.2 Å². The summed E-state index contributed by atoms with van der Waals surface area (Å²) in [7, 11) is 1.97. The fraction of sp³-hybridized carbons (Fsp3) is 0.533. The van der Waals surface area contributed by atoms with Gasteiger partial charge in [-0.25, -0.2) is 4.98 Å². The van der Waals surface area contributed by atoms with Crippen molar-refractivity contribution in [2.75, 3.05) is 31.6 Å². The molecule has 0 saturated carbocycles. The summed E-state index contributed by atoms with van der Waals surface area (Å²) < 4.78 is 7.96. The molecule has 1 aliphatic rings. The maximum absolute atomic E-state index is 5.80. The van der Waals surface area contributed by atoms with Crippen LogP contribution in [0.1, 0.15) is 19.5 Å². The van der Waals surface area contributed by atoms with Crippen LogP contribution in [0.25, 0.3) is 5.65 Å². The smallest absolute Gasteiger partial charge is 0.152 e. The predicted octanol–water partition coefficient (Wildman–Crippen LogP) is 1.67. The zero-order chi connectivity index (χ0) is 14.2. The van der Waals surface area contributed by atoms with E-state index in [0.29, 0.717) is 0 Å². The molecule has 1 fully saturated rings. The number of fused-ring (bicyclic) bond motifs is 1. The molecule has 5 heteroatoms. The van der Waals surface area contributed by atoms with E-state index in [9.17, 15) is 0 Å². The molecule has 2 aromatic rings. The maximum atomic E-state index is 5.80. The summed E-state index contributed by atoms with van der Waals surface area (Å²) >= 11 is 0. The Morgan fingerprint density at radius 3 is 3.00 bits per heavy atom. The first-order chi connectivity index (χ1) is 9.61. The number of anilines is 1. The van der Waals surface area contributed by atoms with Gasteiger partial charge in [-0.2, -0.15) is 0 Å². The lowest BCUT2D eigenvalue weighted by molar-refractivity contribution is -0.0279. The van der Waals surface area contributed by atoms with Gasteiger partial charge in [-0.3, -0.25) is 0 Å². The van der Waals surface area contributed by atoms with Crippen molar-refractivity contribution < 1.29 is 4.74 Å². The first-order valence-corrected chi connectivity index (χ1v) is 7.10. The first kappa shape index (κ1) is 13.4. The first-order valence-electron chi connectivity index (χ1n) is 7.10. The minimum absolute atomic E-state index is 0.120. The topological polar surface area (TPSA) is 41.8 Å². The van der Waals surface area contributed by atoms with Crippen LogP contribution >= 0.6 is 0 Å². The molecule has 0 atom stereocenters. The molecule has 0 spiro atoms. The molecular weight excluding hydrogens is 252 g/mol. The van der Waals surface area contributed by atoms with Crippen molar-refractivity contribution in [1.29, 1.82) is 0 Å². The quantitative estimate of drug-likeness (QED) is 0.924. The van der Waals surface area contributed by atoms with E-state index in [4.69, 9.17) is 9.72 Å². The van der Waals surface area contributed by atoms with Gasteiger partial charge in [0.2, 0.25) is 0 Å². The maximum Gasteiger partial charge on any atom is 0.152 e. The molecule has 0 radical (unpaired) electrons. The van der Waals surface area contributed by atoms with Gasteiger partial charge in [0.05, 0.1) is 17.9 Å². The van der Waals surface area contributed by atoms with Crippen molar-refractivity contribution in [3.8, 4) is 0 Å². The highest BCUT2D eigenvalue weighted by atomic mass is 16.5. The zero-order valence-electron chi connectivity index (χ0n) is 12.4. The second-order valence-electron chi connectivity index (χ2n) is 5.87. The molecule has 1 aliphatic heterocycles.